The van der Waals surface area contributed by atoms with Gasteiger partial charge in [-0.1, -0.05) is 36.4 Å². The van der Waals surface area contributed by atoms with Crippen LogP contribution in [-0.4, -0.2) is 36.1 Å². The topological polar surface area (TPSA) is 48.0 Å². The number of amides is 1. The molecule has 0 unspecified atom stereocenters. The van der Waals surface area contributed by atoms with Crippen molar-refractivity contribution in [3.8, 4) is 22.6 Å². The molecule has 0 aromatic heterocycles. The summed E-state index contributed by atoms with van der Waals surface area (Å²) in [6.07, 6.45) is -5.28. The van der Waals surface area contributed by atoms with Gasteiger partial charge < -0.3 is 19.1 Å². The molecule has 1 heterocycles. The zero-order chi connectivity index (χ0) is 21.2. The molecule has 2 aromatic rings. The van der Waals surface area contributed by atoms with E-state index in [4.69, 9.17) is 9.47 Å². The van der Waals surface area contributed by atoms with Crippen molar-refractivity contribution in [3.05, 3.63) is 48.0 Å². The maximum absolute atomic E-state index is 12.8. The Labute approximate surface area is 167 Å². The van der Waals surface area contributed by atoms with Crippen LogP contribution in [0.5, 0.6) is 11.5 Å². The van der Waals surface area contributed by atoms with Crippen LogP contribution >= 0.6 is 0 Å². The summed E-state index contributed by atoms with van der Waals surface area (Å²) in [4.78, 5) is 14.0. The second kappa shape index (κ2) is 7.85. The fourth-order valence-electron chi connectivity index (χ4n) is 3.02. The third-order valence-corrected chi connectivity index (χ3v) is 4.12. The normalized spacial score (nSPS) is 14.5. The molecule has 0 bridgehead atoms. The van der Waals surface area contributed by atoms with Gasteiger partial charge in [0, 0.05) is 16.7 Å². The standard InChI is InChI=1S/C21H22F3NO4/c1-20(2,3)29-19(26)25-11-12-27-18-14(13-25)7-6-9-16(18)15-8-4-5-10-17(15)28-21(22,23)24/h4-10H,11-13H2,1-3H3. The highest BCUT2D eigenvalue weighted by molar-refractivity contribution is 5.77. The SMILES string of the molecule is CC(C)(C)OC(=O)N1CCOc2c(cccc2-c2ccccc2OC(F)(F)F)C1. The van der Waals surface area contributed by atoms with Crippen molar-refractivity contribution in [1.29, 1.82) is 0 Å². The predicted octanol–water partition coefficient (Wildman–Crippen LogP) is 5.38. The summed E-state index contributed by atoms with van der Waals surface area (Å²) >= 11 is 0. The lowest BCUT2D eigenvalue weighted by molar-refractivity contribution is -0.274. The van der Waals surface area contributed by atoms with Crippen LogP contribution in [0.25, 0.3) is 11.1 Å². The summed E-state index contributed by atoms with van der Waals surface area (Å²) in [6.45, 7) is 6.05. The number of para-hydroxylation sites is 2. The molecule has 3 rings (SSSR count). The van der Waals surface area contributed by atoms with E-state index in [1.54, 1.807) is 45.0 Å². The van der Waals surface area contributed by atoms with Crippen LogP contribution in [0.3, 0.4) is 0 Å². The Balaban J connectivity index is 1.95. The Morgan fingerprint density at radius 2 is 1.72 bits per heavy atom. The summed E-state index contributed by atoms with van der Waals surface area (Å²) in [5.41, 5.74) is 0.761. The first kappa shape index (κ1) is 20.8. The molecule has 1 aliphatic rings. The number of carbonyl (C=O) groups is 1. The summed E-state index contributed by atoms with van der Waals surface area (Å²) < 4.78 is 53.9. The van der Waals surface area contributed by atoms with Crippen LogP contribution in [0, 0.1) is 0 Å². The fourth-order valence-corrected chi connectivity index (χ4v) is 3.02. The van der Waals surface area contributed by atoms with Crippen molar-refractivity contribution < 1.29 is 32.2 Å². The number of hydrogen-bond donors (Lipinski definition) is 0. The molecule has 0 spiro atoms. The molecular formula is C21H22F3NO4. The Bertz CT molecular complexity index is 890. The average Bonchev–Trinajstić information content (AvgIpc) is 2.82. The number of benzene rings is 2. The Morgan fingerprint density at radius 3 is 2.41 bits per heavy atom. The van der Waals surface area contributed by atoms with Crippen molar-refractivity contribution in [2.75, 3.05) is 13.2 Å². The van der Waals surface area contributed by atoms with Gasteiger partial charge in [-0.05, 0) is 26.8 Å². The molecule has 0 aliphatic carbocycles. The van der Waals surface area contributed by atoms with Crippen LogP contribution in [0.1, 0.15) is 26.3 Å². The van der Waals surface area contributed by atoms with Crippen LogP contribution < -0.4 is 9.47 Å². The van der Waals surface area contributed by atoms with Crippen molar-refractivity contribution >= 4 is 6.09 Å². The van der Waals surface area contributed by atoms with E-state index in [2.05, 4.69) is 4.74 Å². The Hall–Kier alpha value is -2.90. The number of ether oxygens (including phenoxy) is 3. The molecule has 2 aromatic carbocycles. The Morgan fingerprint density at radius 1 is 1.03 bits per heavy atom. The summed E-state index contributed by atoms with van der Waals surface area (Å²) in [6, 6.07) is 11.0. The van der Waals surface area contributed by atoms with Gasteiger partial charge in [0.25, 0.3) is 0 Å². The third-order valence-electron chi connectivity index (χ3n) is 4.12. The first-order valence-electron chi connectivity index (χ1n) is 9.11. The number of carbonyl (C=O) groups excluding carboxylic acids is 1. The van der Waals surface area contributed by atoms with Crippen LogP contribution in [0.15, 0.2) is 42.5 Å². The second-order valence-corrected chi connectivity index (χ2v) is 7.59. The molecule has 1 aliphatic heterocycles. The van der Waals surface area contributed by atoms with Gasteiger partial charge in [-0.2, -0.15) is 0 Å². The van der Waals surface area contributed by atoms with Gasteiger partial charge in [0.05, 0.1) is 13.1 Å². The molecule has 5 nitrogen and oxygen atoms in total. The lowest BCUT2D eigenvalue weighted by atomic mass is 10.00. The predicted molar refractivity (Wildman–Crippen MR) is 101 cm³/mol. The molecule has 0 fully saturated rings. The van der Waals surface area contributed by atoms with Gasteiger partial charge in [-0.25, -0.2) is 4.79 Å². The Kier molecular flexibility index (Phi) is 5.64. The van der Waals surface area contributed by atoms with Crippen LogP contribution in [0.2, 0.25) is 0 Å². The number of nitrogens with zero attached hydrogens (tertiary/aromatic N) is 1. The van der Waals surface area contributed by atoms with E-state index in [-0.39, 0.29) is 24.5 Å². The number of alkyl halides is 3. The molecule has 0 radical (unpaired) electrons. The van der Waals surface area contributed by atoms with Crippen LogP contribution in [-0.2, 0) is 11.3 Å². The molecule has 0 saturated heterocycles. The van der Waals surface area contributed by atoms with E-state index in [1.807, 2.05) is 0 Å². The highest BCUT2D eigenvalue weighted by Gasteiger charge is 2.33. The summed E-state index contributed by atoms with van der Waals surface area (Å²) in [5.74, 6) is 0.113. The number of rotatable bonds is 2. The fraction of sp³-hybridized carbons (Fsp3) is 0.381. The van der Waals surface area contributed by atoms with Crippen molar-refractivity contribution in [2.24, 2.45) is 0 Å². The van der Waals surface area contributed by atoms with E-state index in [0.717, 1.165) is 0 Å². The molecular weight excluding hydrogens is 387 g/mol. The van der Waals surface area contributed by atoms with Gasteiger partial charge in [0.15, 0.2) is 0 Å². The molecule has 0 saturated carbocycles. The largest absolute Gasteiger partial charge is 0.573 e. The quantitative estimate of drug-likeness (QED) is 0.668. The molecule has 8 heteroatoms. The lowest BCUT2D eigenvalue weighted by Crippen LogP contribution is -2.37. The molecule has 0 atom stereocenters. The average molecular weight is 409 g/mol. The van der Waals surface area contributed by atoms with E-state index in [0.29, 0.717) is 23.4 Å². The van der Waals surface area contributed by atoms with Gasteiger partial charge in [0.1, 0.15) is 23.7 Å². The minimum absolute atomic E-state index is 0.186. The van der Waals surface area contributed by atoms with Crippen molar-refractivity contribution in [3.63, 3.8) is 0 Å². The monoisotopic (exact) mass is 409 g/mol. The van der Waals surface area contributed by atoms with Gasteiger partial charge in [-0.15, -0.1) is 13.2 Å². The number of fused-ring (bicyclic) bond motifs is 1. The molecule has 156 valence electrons. The third kappa shape index (κ3) is 5.34. The molecule has 29 heavy (non-hydrogen) atoms. The summed E-state index contributed by atoms with van der Waals surface area (Å²) in [7, 11) is 0. The first-order chi connectivity index (χ1) is 13.5. The van der Waals surface area contributed by atoms with E-state index in [1.165, 1.54) is 23.1 Å². The van der Waals surface area contributed by atoms with Gasteiger partial charge in [0.2, 0.25) is 0 Å². The smallest absolute Gasteiger partial charge is 0.491 e. The van der Waals surface area contributed by atoms with E-state index < -0.39 is 18.1 Å². The maximum Gasteiger partial charge on any atom is 0.573 e. The van der Waals surface area contributed by atoms with Gasteiger partial charge in [-0.3, -0.25) is 0 Å². The highest BCUT2D eigenvalue weighted by atomic mass is 19.4. The zero-order valence-electron chi connectivity index (χ0n) is 16.4. The summed E-state index contributed by atoms with van der Waals surface area (Å²) in [5, 5.41) is 0. The minimum atomic E-state index is -4.81. The minimum Gasteiger partial charge on any atom is -0.491 e. The molecule has 1 amide bonds. The maximum atomic E-state index is 12.8. The van der Waals surface area contributed by atoms with Crippen molar-refractivity contribution in [1.82, 2.24) is 4.90 Å². The number of hydrogen-bond acceptors (Lipinski definition) is 4. The molecule has 0 N–H and O–H groups in total. The van der Waals surface area contributed by atoms with Crippen LogP contribution in [0.4, 0.5) is 18.0 Å². The first-order valence-corrected chi connectivity index (χ1v) is 9.11. The zero-order valence-corrected chi connectivity index (χ0v) is 16.4. The van der Waals surface area contributed by atoms with Crippen molar-refractivity contribution in [2.45, 2.75) is 39.3 Å². The van der Waals surface area contributed by atoms with E-state index in [9.17, 15) is 18.0 Å². The van der Waals surface area contributed by atoms with Gasteiger partial charge >= 0.3 is 12.5 Å². The number of halogens is 3. The van der Waals surface area contributed by atoms with E-state index >= 15 is 0 Å². The lowest BCUT2D eigenvalue weighted by Gasteiger charge is -2.26. The second-order valence-electron chi connectivity index (χ2n) is 7.59. The highest BCUT2D eigenvalue weighted by Crippen LogP contribution is 2.41.